The van der Waals surface area contributed by atoms with Gasteiger partial charge in [-0.15, -0.1) is 0 Å². The lowest BCUT2D eigenvalue weighted by Crippen LogP contribution is -2.67. The van der Waals surface area contributed by atoms with Crippen molar-refractivity contribution in [1.29, 1.82) is 0 Å². The molecule has 3 heterocycles. The van der Waals surface area contributed by atoms with Crippen LogP contribution in [-0.2, 0) is 71.3 Å². The molecule has 0 radical (unpaired) electrons. The molecule has 2 amide bonds. The maximum absolute atomic E-state index is 13.2. The molecule has 10 atom stereocenters. The monoisotopic (exact) mass is 648 g/mol. The van der Waals surface area contributed by atoms with Crippen LogP contribution >= 0.6 is 0 Å². The third kappa shape index (κ3) is 9.70. The van der Waals surface area contributed by atoms with Crippen LogP contribution in [0.2, 0.25) is 0 Å². The van der Waals surface area contributed by atoms with E-state index in [9.17, 15) is 28.8 Å². The van der Waals surface area contributed by atoms with Gasteiger partial charge in [-0.3, -0.25) is 24.0 Å². The Balaban J connectivity index is 1.82. The molecule has 3 aliphatic rings. The van der Waals surface area contributed by atoms with Crippen LogP contribution < -0.4 is 10.6 Å². The molecule has 0 unspecified atom stereocenters. The Kier molecular flexibility index (Phi) is 12.1. The minimum absolute atomic E-state index is 0.248. The summed E-state index contributed by atoms with van der Waals surface area (Å²) in [5.41, 5.74) is 0. The van der Waals surface area contributed by atoms with Gasteiger partial charge in [0.05, 0.1) is 0 Å². The Morgan fingerprint density at radius 3 is 1.76 bits per heavy atom. The summed E-state index contributed by atoms with van der Waals surface area (Å²) in [4.78, 5) is 72.6. The fraction of sp³-hybridized carbons (Fsp3) is 0.778. The van der Waals surface area contributed by atoms with Gasteiger partial charge in [-0.2, -0.15) is 0 Å². The Morgan fingerprint density at radius 1 is 0.667 bits per heavy atom. The smallest absolute Gasteiger partial charge is 0.317 e. The number of amides is 2. The number of carbonyl (C=O) groups excluding carboxylic acids is 6. The number of fused-ring (bicyclic) bond motifs is 1. The van der Waals surface area contributed by atoms with Gasteiger partial charge in [0, 0.05) is 48.3 Å². The molecule has 2 N–H and O–H groups in total. The maximum atomic E-state index is 13.2. The predicted molar refractivity (Wildman–Crippen MR) is 144 cm³/mol. The van der Waals surface area contributed by atoms with E-state index in [-0.39, 0.29) is 6.54 Å². The topological polar surface area (TPSA) is 219 Å². The Morgan fingerprint density at radius 2 is 1.20 bits per heavy atom. The Bertz CT molecular complexity index is 1130. The summed E-state index contributed by atoms with van der Waals surface area (Å²) in [7, 11) is 1.39. The highest BCUT2D eigenvalue weighted by Gasteiger charge is 2.57. The van der Waals surface area contributed by atoms with E-state index >= 15 is 0 Å². The summed E-state index contributed by atoms with van der Waals surface area (Å²) in [6, 6.07) is -0.888. The Hall–Kier alpha value is -3.58. The highest BCUT2D eigenvalue weighted by molar-refractivity contribution is 5.74. The van der Waals surface area contributed by atoms with Crippen molar-refractivity contribution >= 4 is 35.9 Å². The SMILES string of the molecule is CO[C@H]1O[C@H](CNC(=O)N[C@@H]2O[C@H](COC(C)=O)[C@@H](OC(C)=O)[C@H](OC(C)=O)[C@H]2OC(C)=O)[C@@H](OC(C)=O)[C@@H]2OC(C)(C)O[C@H]12. The fourth-order valence-electron chi connectivity index (χ4n) is 5.23. The van der Waals surface area contributed by atoms with Crippen LogP contribution in [0.5, 0.6) is 0 Å². The molecule has 3 rings (SSSR count). The number of methoxy groups -OCH3 is 1. The van der Waals surface area contributed by atoms with Crippen LogP contribution in [0.3, 0.4) is 0 Å². The summed E-state index contributed by atoms with van der Waals surface area (Å²) < 4.78 is 55.6. The molecule has 45 heavy (non-hydrogen) atoms. The summed E-state index contributed by atoms with van der Waals surface area (Å²) in [5, 5.41) is 5.05. The van der Waals surface area contributed by atoms with E-state index in [0.717, 1.165) is 27.7 Å². The number of urea groups is 1. The van der Waals surface area contributed by atoms with Gasteiger partial charge in [-0.25, -0.2) is 4.79 Å². The molecule has 3 fully saturated rings. The van der Waals surface area contributed by atoms with E-state index in [2.05, 4.69) is 10.6 Å². The molecule has 18 heteroatoms. The van der Waals surface area contributed by atoms with Gasteiger partial charge >= 0.3 is 35.9 Å². The second kappa shape index (κ2) is 15.1. The van der Waals surface area contributed by atoms with Gasteiger partial charge in [0.25, 0.3) is 0 Å². The van der Waals surface area contributed by atoms with E-state index in [1.54, 1.807) is 13.8 Å². The number of carbonyl (C=O) groups is 6. The molecule has 18 nitrogen and oxygen atoms in total. The number of hydrogen-bond acceptors (Lipinski definition) is 16. The molecule has 0 saturated carbocycles. The molecular weight excluding hydrogens is 608 g/mol. The maximum Gasteiger partial charge on any atom is 0.317 e. The van der Waals surface area contributed by atoms with Crippen molar-refractivity contribution in [3.05, 3.63) is 0 Å². The zero-order valence-electron chi connectivity index (χ0n) is 26.2. The second-order valence-electron chi connectivity index (χ2n) is 10.9. The Labute approximate surface area is 258 Å². The van der Waals surface area contributed by atoms with E-state index in [1.807, 2.05) is 0 Å². The lowest BCUT2D eigenvalue weighted by Gasteiger charge is -2.44. The molecule has 0 bridgehead atoms. The quantitative estimate of drug-likeness (QED) is 0.219. The number of ether oxygens (including phenoxy) is 10. The summed E-state index contributed by atoms with van der Waals surface area (Å²) in [5.74, 6) is -4.83. The average Bonchev–Trinajstić information content (AvgIpc) is 3.24. The van der Waals surface area contributed by atoms with E-state index in [0.29, 0.717) is 0 Å². The molecule has 0 spiro atoms. The largest absolute Gasteiger partial charge is 0.463 e. The lowest BCUT2D eigenvalue weighted by atomic mass is 9.97. The number of nitrogens with one attached hydrogen (secondary N) is 2. The molecular formula is C27H40N2O16. The number of rotatable bonds is 10. The van der Waals surface area contributed by atoms with Crippen LogP contribution in [-0.4, -0.2) is 123 Å². The van der Waals surface area contributed by atoms with E-state index in [4.69, 9.17) is 47.4 Å². The van der Waals surface area contributed by atoms with Gasteiger partial charge in [0.2, 0.25) is 0 Å². The van der Waals surface area contributed by atoms with Crippen molar-refractivity contribution < 1.29 is 76.1 Å². The summed E-state index contributed by atoms with van der Waals surface area (Å²) >= 11 is 0. The highest BCUT2D eigenvalue weighted by Crippen LogP contribution is 2.39. The summed E-state index contributed by atoms with van der Waals surface area (Å²) in [6.07, 6.45) is -11.6. The first-order valence-electron chi connectivity index (χ1n) is 14.1. The van der Waals surface area contributed by atoms with Crippen LogP contribution in [0.4, 0.5) is 4.79 Å². The third-order valence-electron chi connectivity index (χ3n) is 6.69. The van der Waals surface area contributed by atoms with Crippen LogP contribution in [0.1, 0.15) is 48.5 Å². The second-order valence-corrected chi connectivity index (χ2v) is 10.9. The zero-order chi connectivity index (χ0) is 33.6. The third-order valence-corrected chi connectivity index (χ3v) is 6.69. The molecule has 3 aliphatic heterocycles. The van der Waals surface area contributed by atoms with Gasteiger partial charge in [-0.05, 0) is 13.8 Å². The first-order chi connectivity index (χ1) is 21.0. The van der Waals surface area contributed by atoms with Crippen molar-refractivity contribution in [2.24, 2.45) is 0 Å². The zero-order valence-corrected chi connectivity index (χ0v) is 26.2. The highest BCUT2D eigenvalue weighted by atomic mass is 16.8. The molecule has 3 saturated heterocycles. The van der Waals surface area contributed by atoms with Crippen molar-refractivity contribution in [2.45, 2.75) is 116 Å². The lowest BCUT2D eigenvalue weighted by molar-refractivity contribution is -0.268. The van der Waals surface area contributed by atoms with Crippen LogP contribution in [0.15, 0.2) is 0 Å². The average molecular weight is 649 g/mol. The van der Waals surface area contributed by atoms with Gasteiger partial charge in [-0.1, -0.05) is 0 Å². The normalized spacial score (nSPS) is 33.5. The van der Waals surface area contributed by atoms with Gasteiger partial charge < -0.3 is 58.0 Å². The standard InChI is InChI=1S/C27H40N2O16/c1-11(30)37-10-17-19(39-13(3)32)20(40-14(4)33)22(41-15(5)34)24(42-17)29-26(35)28-9-16-18(38-12(2)31)21-23(25(36-8)43-16)45-27(6,7)44-21/h16-25H,9-10H2,1-8H3,(H2,28,29,35)/t16-,17-,18-,19-,20+,21+,22-,23+,24-,25+/m1/s1. The minimum Gasteiger partial charge on any atom is -0.463 e. The number of esters is 5. The predicted octanol–water partition coefficient (Wildman–Crippen LogP) is -0.808. The van der Waals surface area contributed by atoms with E-state index < -0.39 is 110 Å². The minimum atomic E-state index is -1.51. The van der Waals surface area contributed by atoms with Crippen molar-refractivity contribution in [3.63, 3.8) is 0 Å². The van der Waals surface area contributed by atoms with Crippen molar-refractivity contribution in [2.75, 3.05) is 20.3 Å². The van der Waals surface area contributed by atoms with E-state index in [1.165, 1.54) is 14.0 Å². The number of hydrogen-bond donors (Lipinski definition) is 2. The van der Waals surface area contributed by atoms with Crippen LogP contribution in [0, 0.1) is 0 Å². The molecule has 0 aliphatic carbocycles. The summed E-state index contributed by atoms with van der Waals surface area (Å²) in [6.45, 7) is 8.20. The molecule has 254 valence electrons. The fourth-order valence-corrected chi connectivity index (χ4v) is 5.23. The van der Waals surface area contributed by atoms with Crippen molar-refractivity contribution in [1.82, 2.24) is 10.6 Å². The molecule has 0 aromatic heterocycles. The molecule has 0 aromatic carbocycles. The first-order valence-corrected chi connectivity index (χ1v) is 14.1. The van der Waals surface area contributed by atoms with Crippen molar-refractivity contribution in [3.8, 4) is 0 Å². The van der Waals surface area contributed by atoms with Gasteiger partial charge in [0.15, 0.2) is 42.7 Å². The van der Waals surface area contributed by atoms with Crippen LogP contribution in [0.25, 0.3) is 0 Å². The molecule has 0 aromatic rings. The first kappa shape index (κ1) is 35.9. The van der Waals surface area contributed by atoms with Gasteiger partial charge in [0.1, 0.15) is 31.0 Å².